The number of nitrogens with zero attached hydrogens (tertiary/aromatic N) is 1. The third-order valence-corrected chi connectivity index (χ3v) is 2.86. The SMILES string of the molecule is CC(C)Oc1ncccc1NC(=O)c1ccc(Cl)cc1N. The second-order valence-electron chi connectivity index (χ2n) is 4.71. The summed E-state index contributed by atoms with van der Waals surface area (Å²) in [5.41, 5.74) is 6.95. The molecular formula is C15H16ClN3O2. The summed E-state index contributed by atoms with van der Waals surface area (Å²) in [5.74, 6) is 0.0270. The first-order valence-electron chi connectivity index (χ1n) is 6.45. The normalized spacial score (nSPS) is 10.5. The smallest absolute Gasteiger partial charge is 0.257 e. The molecule has 1 aromatic heterocycles. The lowest BCUT2D eigenvalue weighted by Gasteiger charge is -2.14. The number of rotatable bonds is 4. The van der Waals surface area contributed by atoms with Crippen LogP contribution in [0.3, 0.4) is 0 Å². The van der Waals surface area contributed by atoms with Crippen molar-refractivity contribution in [2.24, 2.45) is 0 Å². The van der Waals surface area contributed by atoms with E-state index in [0.717, 1.165) is 0 Å². The molecule has 2 rings (SSSR count). The lowest BCUT2D eigenvalue weighted by atomic mass is 10.1. The van der Waals surface area contributed by atoms with E-state index in [1.165, 1.54) is 6.07 Å². The number of nitrogens with one attached hydrogen (secondary N) is 1. The van der Waals surface area contributed by atoms with E-state index in [2.05, 4.69) is 10.3 Å². The Bertz CT molecular complexity index is 659. The van der Waals surface area contributed by atoms with Crippen molar-refractivity contribution in [1.29, 1.82) is 0 Å². The topological polar surface area (TPSA) is 77.2 Å². The molecule has 6 heteroatoms. The molecule has 5 nitrogen and oxygen atoms in total. The summed E-state index contributed by atoms with van der Waals surface area (Å²) in [6, 6.07) is 8.15. The van der Waals surface area contributed by atoms with Gasteiger partial charge in [0, 0.05) is 16.9 Å². The van der Waals surface area contributed by atoms with Gasteiger partial charge in [0.15, 0.2) is 0 Å². The number of hydrogen-bond acceptors (Lipinski definition) is 4. The first-order chi connectivity index (χ1) is 9.97. The number of carbonyl (C=O) groups excluding carboxylic acids is 1. The Hall–Kier alpha value is -2.27. The average Bonchev–Trinajstić information content (AvgIpc) is 2.40. The van der Waals surface area contributed by atoms with Crippen LogP contribution in [0.1, 0.15) is 24.2 Å². The summed E-state index contributed by atoms with van der Waals surface area (Å²) >= 11 is 5.82. The van der Waals surface area contributed by atoms with Crippen LogP contribution < -0.4 is 15.8 Å². The minimum atomic E-state index is -0.342. The fraction of sp³-hybridized carbons (Fsp3) is 0.200. The first-order valence-corrected chi connectivity index (χ1v) is 6.83. The van der Waals surface area contributed by atoms with Gasteiger partial charge in [-0.15, -0.1) is 0 Å². The van der Waals surface area contributed by atoms with Crippen molar-refractivity contribution in [1.82, 2.24) is 4.98 Å². The van der Waals surface area contributed by atoms with Gasteiger partial charge in [0.05, 0.1) is 11.7 Å². The molecule has 110 valence electrons. The molecule has 0 bridgehead atoms. The minimum absolute atomic E-state index is 0.0452. The highest BCUT2D eigenvalue weighted by Gasteiger charge is 2.14. The van der Waals surface area contributed by atoms with E-state index in [9.17, 15) is 4.79 Å². The van der Waals surface area contributed by atoms with E-state index in [0.29, 0.717) is 27.8 Å². The number of amides is 1. The van der Waals surface area contributed by atoms with Gasteiger partial charge in [-0.2, -0.15) is 0 Å². The third kappa shape index (κ3) is 3.86. The summed E-state index contributed by atoms with van der Waals surface area (Å²) in [4.78, 5) is 16.4. The van der Waals surface area contributed by atoms with Crippen LogP contribution in [0.2, 0.25) is 5.02 Å². The number of ether oxygens (including phenoxy) is 1. The molecule has 1 amide bonds. The minimum Gasteiger partial charge on any atom is -0.473 e. The van der Waals surface area contributed by atoms with Crippen molar-refractivity contribution in [2.45, 2.75) is 20.0 Å². The molecule has 0 saturated heterocycles. The van der Waals surface area contributed by atoms with Crippen LogP contribution in [0.5, 0.6) is 5.88 Å². The molecular weight excluding hydrogens is 290 g/mol. The Morgan fingerprint density at radius 3 is 2.81 bits per heavy atom. The van der Waals surface area contributed by atoms with E-state index in [1.807, 2.05) is 13.8 Å². The molecule has 0 aliphatic carbocycles. The van der Waals surface area contributed by atoms with Gasteiger partial charge in [0.2, 0.25) is 5.88 Å². The highest BCUT2D eigenvalue weighted by molar-refractivity contribution is 6.31. The molecule has 0 radical (unpaired) electrons. The number of nitrogens with two attached hydrogens (primary N) is 1. The number of pyridine rings is 1. The number of anilines is 2. The molecule has 0 atom stereocenters. The van der Waals surface area contributed by atoms with Gasteiger partial charge < -0.3 is 15.8 Å². The highest BCUT2D eigenvalue weighted by Crippen LogP contribution is 2.24. The van der Waals surface area contributed by atoms with Crippen LogP contribution in [-0.2, 0) is 0 Å². The molecule has 0 spiro atoms. The maximum atomic E-state index is 12.3. The lowest BCUT2D eigenvalue weighted by molar-refractivity contribution is 0.102. The van der Waals surface area contributed by atoms with Crippen LogP contribution >= 0.6 is 11.6 Å². The molecule has 1 aromatic carbocycles. The molecule has 3 N–H and O–H groups in total. The fourth-order valence-corrected chi connectivity index (χ4v) is 1.91. The highest BCUT2D eigenvalue weighted by atomic mass is 35.5. The number of carbonyl (C=O) groups is 1. The van der Waals surface area contributed by atoms with Gasteiger partial charge in [-0.3, -0.25) is 4.79 Å². The summed E-state index contributed by atoms with van der Waals surface area (Å²) in [6.07, 6.45) is 1.56. The standard InChI is InChI=1S/C15H16ClN3O2/c1-9(2)21-15-13(4-3-7-18-15)19-14(20)11-6-5-10(16)8-12(11)17/h3-9H,17H2,1-2H3,(H,19,20). The monoisotopic (exact) mass is 305 g/mol. The lowest BCUT2D eigenvalue weighted by Crippen LogP contribution is -2.16. The molecule has 0 saturated carbocycles. The van der Waals surface area contributed by atoms with Crippen LogP contribution in [-0.4, -0.2) is 17.0 Å². The van der Waals surface area contributed by atoms with Crippen LogP contribution in [0.15, 0.2) is 36.5 Å². The number of nitrogen functional groups attached to an aromatic ring is 1. The van der Waals surface area contributed by atoms with Crippen molar-refractivity contribution in [2.75, 3.05) is 11.1 Å². The number of aromatic nitrogens is 1. The fourth-order valence-electron chi connectivity index (χ4n) is 1.73. The van der Waals surface area contributed by atoms with Gasteiger partial charge in [-0.25, -0.2) is 4.98 Å². The van der Waals surface area contributed by atoms with E-state index in [4.69, 9.17) is 22.1 Å². The number of halogens is 1. The van der Waals surface area contributed by atoms with Crippen LogP contribution in [0.25, 0.3) is 0 Å². The third-order valence-electron chi connectivity index (χ3n) is 2.62. The molecule has 0 aliphatic rings. The quantitative estimate of drug-likeness (QED) is 0.849. The molecule has 0 unspecified atom stereocenters. The van der Waals surface area contributed by atoms with Gasteiger partial charge in [-0.1, -0.05) is 11.6 Å². The molecule has 2 aromatic rings. The maximum absolute atomic E-state index is 12.3. The van der Waals surface area contributed by atoms with E-state index in [-0.39, 0.29) is 12.0 Å². The van der Waals surface area contributed by atoms with E-state index < -0.39 is 0 Å². The Morgan fingerprint density at radius 2 is 2.14 bits per heavy atom. The zero-order chi connectivity index (χ0) is 15.4. The molecule has 0 fully saturated rings. The first kappa shape index (κ1) is 15.1. The zero-order valence-corrected chi connectivity index (χ0v) is 12.5. The Morgan fingerprint density at radius 1 is 1.38 bits per heavy atom. The predicted molar refractivity (Wildman–Crippen MR) is 83.8 cm³/mol. The largest absolute Gasteiger partial charge is 0.473 e. The van der Waals surface area contributed by atoms with Crippen molar-refractivity contribution in [3.8, 4) is 5.88 Å². The Kier molecular flexibility index (Phi) is 4.65. The Labute approximate surface area is 128 Å². The molecule has 1 heterocycles. The van der Waals surface area contributed by atoms with Crippen molar-refractivity contribution < 1.29 is 9.53 Å². The summed E-state index contributed by atoms with van der Waals surface area (Å²) in [7, 11) is 0. The van der Waals surface area contributed by atoms with E-state index >= 15 is 0 Å². The summed E-state index contributed by atoms with van der Waals surface area (Å²) < 4.78 is 5.55. The zero-order valence-electron chi connectivity index (χ0n) is 11.8. The van der Waals surface area contributed by atoms with E-state index in [1.54, 1.807) is 30.5 Å². The number of benzene rings is 1. The summed E-state index contributed by atoms with van der Waals surface area (Å²) in [5, 5.41) is 3.22. The Balaban J connectivity index is 2.23. The van der Waals surface area contributed by atoms with Gasteiger partial charge >= 0.3 is 0 Å². The van der Waals surface area contributed by atoms with Crippen molar-refractivity contribution >= 4 is 28.9 Å². The number of hydrogen-bond donors (Lipinski definition) is 2. The predicted octanol–water partition coefficient (Wildman–Crippen LogP) is 3.36. The molecule has 21 heavy (non-hydrogen) atoms. The van der Waals surface area contributed by atoms with Gasteiger partial charge in [0.25, 0.3) is 5.91 Å². The summed E-state index contributed by atoms with van der Waals surface area (Å²) in [6.45, 7) is 3.77. The second-order valence-corrected chi connectivity index (χ2v) is 5.14. The van der Waals surface area contributed by atoms with Crippen LogP contribution in [0.4, 0.5) is 11.4 Å². The van der Waals surface area contributed by atoms with Crippen LogP contribution in [0, 0.1) is 0 Å². The van der Waals surface area contributed by atoms with Crippen molar-refractivity contribution in [3.63, 3.8) is 0 Å². The van der Waals surface area contributed by atoms with Gasteiger partial charge in [-0.05, 0) is 44.2 Å². The second kappa shape index (κ2) is 6.45. The molecule has 0 aliphatic heterocycles. The van der Waals surface area contributed by atoms with Gasteiger partial charge in [0.1, 0.15) is 5.69 Å². The maximum Gasteiger partial charge on any atom is 0.257 e. The van der Waals surface area contributed by atoms with Crippen molar-refractivity contribution in [3.05, 3.63) is 47.1 Å². The average molecular weight is 306 g/mol.